The Morgan fingerprint density at radius 3 is 2.58 bits per heavy atom. The molecule has 3 rings (SSSR count). The number of aromatic nitrogens is 4. The minimum Gasteiger partial charge on any atom is -0.325 e. The van der Waals surface area contributed by atoms with Crippen molar-refractivity contribution in [2.45, 2.75) is 23.1 Å². The maximum atomic E-state index is 12.8. The van der Waals surface area contributed by atoms with E-state index in [4.69, 9.17) is 0 Å². The van der Waals surface area contributed by atoms with E-state index in [0.717, 1.165) is 5.56 Å². The second kappa shape index (κ2) is 10.3. The van der Waals surface area contributed by atoms with Gasteiger partial charge in [0.15, 0.2) is 0 Å². The summed E-state index contributed by atoms with van der Waals surface area (Å²) < 4.78 is 28.4. The van der Waals surface area contributed by atoms with Crippen LogP contribution >= 0.6 is 11.8 Å². The first-order valence-electron chi connectivity index (χ1n) is 9.30. The predicted molar refractivity (Wildman–Crippen MR) is 119 cm³/mol. The van der Waals surface area contributed by atoms with Gasteiger partial charge >= 0.3 is 0 Å². The molecule has 9 nitrogen and oxygen atoms in total. The molecule has 1 aromatic heterocycles. The number of amides is 1. The molecular weight excluding hydrogens is 436 g/mol. The van der Waals surface area contributed by atoms with Crippen LogP contribution in [0.3, 0.4) is 0 Å². The van der Waals surface area contributed by atoms with Gasteiger partial charge in [-0.3, -0.25) is 4.79 Å². The zero-order valence-electron chi connectivity index (χ0n) is 16.9. The fraction of sp³-hybridized carbons (Fsp3) is 0.200. The third-order valence-corrected chi connectivity index (χ3v) is 7.00. The zero-order chi connectivity index (χ0) is 22.3. The number of thioether (sulfide) groups is 1. The van der Waals surface area contributed by atoms with Crippen molar-refractivity contribution in [2.75, 3.05) is 18.1 Å². The van der Waals surface area contributed by atoms with Gasteiger partial charge in [-0.05, 0) is 40.3 Å². The largest absolute Gasteiger partial charge is 0.325 e. The molecule has 0 unspecified atom stereocenters. The number of nitrogens with one attached hydrogen (secondary N) is 1. The minimum atomic E-state index is -3.65. The molecule has 0 aliphatic rings. The van der Waals surface area contributed by atoms with E-state index in [1.165, 1.54) is 39.9 Å². The van der Waals surface area contributed by atoms with E-state index in [1.807, 2.05) is 30.3 Å². The highest BCUT2D eigenvalue weighted by Crippen LogP contribution is 2.20. The molecule has 0 spiro atoms. The summed E-state index contributed by atoms with van der Waals surface area (Å²) in [5.74, 6) is -0.146. The summed E-state index contributed by atoms with van der Waals surface area (Å²) in [5.41, 5.74) is 1.40. The number of hydrogen-bond acceptors (Lipinski definition) is 7. The van der Waals surface area contributed by atoms with E-state index in [1.54, 1.807) is 18.2 Å². The van der Waals surface area contributed by atoms with Gasteiger partial charge in [0, 0.05) is 19.3 Å². The molecule has 0 saturated heterocycles. The Kier molecular flexibility index (Phi) is 7.55. The SMILES string of the molecule is C=CCn1nnnc1SCC(=O)Nc1ccc(S(=O)(=O)N(C)Cc2ccccc2)cc1. The maximum Gasteiger partial charge on any atom is 0.243 e. The first kappa shape index (κ1) is 22.7. The lowest BCUT2D eigenvalue weighted by atomic mass is 10.2. The van der Waals surface area contributed by atoms with Crippen molar-refractivity contribution in [1.29, 1.82) is 0 Å². The fourth-order valence-corrected chi connectivity index (χ4v) is 4.53. The number of nitrogens with zero attached hydrogens (tertiary/aromatic N) is 5. The molecule has 0 saturated carbocycles. The highest BCUT2D eigenvalue weighted by Gasteiger charge is 2.21. The third kappa shape index (κ3) is 6.00. The summed E-state index contributed by atoms with van der Waals surface area (Å²) >= 11 is 1.20. The van der Waals surface area contributed by atoms with Crippen molar-refractivity contribution in [3.63, 3.8) is 0 Å². The molecule has 31 heavy (non-hydrogen) atoms. The number of carbonyl (C=O) groups excluding carboxylic acids is 1. The first-order chi connectivity index (χ1) is 14.9. The molecule has 0 bridgehead atoms. The standard InChI is InChI=1S/C20H22N6O3S2/c1-3-13-26-20(22-23-24-26)30-15-19(27)21-17-9-11-18(12-10-17)31(28,29)25(2)14-16-7-5-4-6-8-16/h3-12H,1,13-15H2,2H3,(H,21,27). The van der Waals surface area contributed by atoms with Gasteiger partial charge in [-0.25, -0.2) is 13.1 Å². The average Bonchev–Trinajstić information content (AvgIpc) is 3.21. The quantitative estimate of drug-likeness (QED) is 0.367. The van der Waals surface area contributed by atoms with Crippen molar-refractivity contribution in [2.24, 2.45) is 0 Å². The number of allylic oxidation sites excluding steroid dienone is 1. The zero-order valence-corrected chi connectivity index (χ0v) is 18.5. The lowest BCUT2D eigenvalue weighted by molar-refractivity contribution is -0.113. The molecule has 2 aromatic carbocycles. The monoisotopic (exact) mass is 458 g/mol. The number of benzene rings is 2. The van der Waals surface area contributed by atoms with E-state index in [9.17, 15) is 13.2 Å². The number of tetrazole rings is 1. The number of carbonyl (C=O) groups is 1. The molecule has 0 aliphatic heterocycles. The summed E-state index contributed by atoms with van der Waals surface area (Å²) in [6.45, 7) is 4.35. The van der Waals surface area contributed by atoms with Crippen LogP contribution in [0.2, 0.25) is 0 Å². The lowest BCUT2D eigenvalue weighted by Gasteiger charge is -2.17. The van der Waals surface area contributed by atoms with Crippen LogP contribution in [0.5, 0.6) is 0 Å². The second-order valence-corrected chi connectivity index (χ2v) is 9.53. The number of rotatable bonds is 10. The van der Waals surface area contributed by atoms with Gasteiger partial charge in [-0.15, -0.1) is 11.7 Å². The molecule has 11 heteroatoms. The molecular formula is C20H22N6O3S2. The normalized spacial score (nSPS) is 11.4. The first-order valence-corrected chi connectivity index (χ1v) is 11.7. The van der Waals surface area contributed by atoms with E-state index in [2.05, 4.69) is 27.4 Å². The highest BCUT2D eigenvalue weighted by atomic mass is 32.2. The van der Waals surface area contributed by atoms with Gasteiger partial charge in [0.25, 0.3) is 0 Å². The van der Waals surface area contributed by atoms with E-state index >= 15 is 0 Å². The van der Waals surface area contributed by atoms with Gasteiger partial charge in [0.2, 0.25) is 21.1 Å². The van der Waals surface area contributed by atoms with Crippen LogP contribution in [0.1, 0.15) is 5.56 Å². The van der Waals surface area contributed by atoms with E-state index in [0.29, 0.717) is 17.4 Å². The summed E-state index contributed by atoms with van der Waals surface area (Å²) in [7, 11) is -2.11. The minimum absolute atomic E-state index is 0.109. The Bertz CT molecular complexity index is 1130. The summed E-state index contributed by atoms with van der Waals surface area (Å²) in [4.78, 5) is 12.4. The molecule has 0 atom stereocenters. The maximum absolute atomic E-state index is 12.8. The van der Waals surface area contributed by atoms with Crippen molar-refractivity contribution >= 4 is 33.4 Å². The Hall–Kier alpha value is -3.02. The lowest BCUT2D eigenvalue weighted by Crippen LogP contribution is -2.26. The molecule has 3 aromatic rings. The van der Waals surface area contributed by atoms with Gasteiger partial charge in [-0.2, -0.15) is 4.31 Å². The van der Waals surface area contributed by atoms with Crippen LogP contribution in [0.15, 0.2) is 77.3 Å². The Balaban J connectivity index is 1.58. The molecule has 162 valence electrons. The van der Waals surface area contributed by atoms with Gasteiger partial charge in [-0.1, -0.05) is 48.2 Å². The van der Waals surface area contributed by atoms with Crippen LogP contribution in [-0.4, -0.2) is 51.6 Å². The van der Waals surface area contributed by atoms with Crippen LogP contribution in [0.25, 0.3) is 0 Å². The van der Waals surface area contributed by atoms with Gasteiger partial charge in [0.05, 0.1) is 17.2 Å². The van der Waals surface area contributed by atoms with Crippen LogP contribution in [0.4, 0.5) is 5.69 Å². The second-order valence-electron chi connectivity index (χ2n) is 6.54. The Morgan fingerprint density at radius 2 is 1.90 bits per heavy atom. The Labute approximate surface area is 185 Å². The highest BCUT2D eigenvalue weighted by molar-refractivity contribution is 7.99. The van der Waals surface area contributed by atoms with Crippen molar-refractivity contribution < 1.29 is 13.2 Å². The fourth-order valence-electron chi connectivity index (χ4n) is 2.68. The molecule has 0 radical (unpaired) electrons. The average molecular weight is 459 g/mol. The summed E-state index contributed by atoms with van der Waals surface area (Å²) in [6.07, 6.45) is 1.66. The summed E-state index contributed by atoms with van der Waals surface area (Å²) in [6, 6.07) is 15.4. The van der Waals surface area contributed by atoms with Gasteiger partial charge < -0.3 is 5.32 Å². The van der Waals surface area contributed by atoms with Gasteiger partial charge in [0.1, 0.15) is 0 Å². The number of sulfonamides is 1. The number of anilines is 1. The molecule has 0 aliphatic carbocycles. The molecule has 0 fully saturated rings. The third-order valence-electron chi connectivity index (χ3n) is 4.23. The molecule has 1 N–H and O–H groups in total. The predicted octanol–water partition coefficient (Wildman–Crippen LogP) is 2.41. The molecule has 1 heterocycles. The van der Waals surface area contributed by atoms with Crippen molar-refractivity contribution in [3.8, 4) is 0 Å². The van der Waals surface area contributed by atoms with Crippen molar-refractivity contribution in [3.05, 3.63) is 72.8 Å². The van der Waals surface area contributed by atoms with Crippen LogP contribution in [-0.2, 0) is 27.9 Å². The van der Waals surface area contributed by atoms with E-state index in [-0.39, 0.29) is 23.1 Å². The van der Waals surface area contributed by atoms with Crippen LogP contribution in [0, 0.1) is 0 Å². The molecule has 1 amide bonds. The summed E-state index contributed by atoms with van der Waals surface area (Å²) in [5, 5.41) is 14.5. The Morgan fingerprint density at radius 1 is 1.19 bits per heavy atom. The van der Waals surface area contributed by atoms with Crippen molar-refractivity contribution in [1.82, 2.24) is 24.5 Å². The number of hydrogen-bond donors (Lipinski definition) is 1. The van der Waals surface area contributed by atoms with Crippen LogP contribution < -0.4 is 5.32 Å². The topological polar surface area (TPSA) is 110 Å². The smallest absolute Gasteiger partial charge is 0.243 e. The van der Waals surface area contributed by atoms with E-state index < -0.39 is 10.0 Å².